The van der Waals surface area contributed by atoms with Gasteiger partial charge in [0, 0.05) is 16.8 Å². The summed E-state index contributed by atoms with van der Waals surface area (Å²) < 4.78 is 39.0. The number of nitrogens with zero attached hydrogens (tertiary/aromatic N) is 1. The molecule has 2 aromatic heterocycles. The second-order valence-corrected chi connectivity index (χ2v) is 10.6. The third-order valence-corrected chi connectivity index (χ3v) is 8.13. The molecule has 28 heavy (non-hydrogen) atoms. The van der Waals surface area contributed by atoms with Gasteiger partial charge >= 0.3 is 0 Å². The summed E-state index contributed by atoms with van der Waals surface area (Å²) in [6.07, 6.45) is 0. The number of aryl methyl sites for hydroxylation is 1. The monoisotopic (exact) mass is 436 g/mol. The lowest BCUT2D eigenvalue weighted by atomic mass is 10.2. The van der Waals surface area contributed by atoms with Gasteiger partial charge in [-0.3, -0.25) is 0 Å². The summed E-state index contributed by atoms with van der Waals surface area (Å²) in [6.45, 7) is 6.37. The van der Waals surface area contributed by atoms with Gasteiger partial charge in [0.2, 0.25) is 16.8 Å². The van der Waals surface area contributed by atoms with E-state index in [-0.39, 0.29) is 13.3 Å². The van der Waals surface area contributed by atoms with Gasteiger partial charge in [-0.15, -0.1) is 22.7 Å². The second kappa shape index (κ2) is 7.47. The molecule has 0 saturated heterocycles. The maximum absolute atomic E-state index is 12.8. The van der Waals surface area contributed by atoms with E-state index < -0.39 is 10.0 Å². The first-order valence-electron chi connectivity index (χ1n) is 8.78. The average Bonchev–Trinajstić information content (AvgIpc) is 3.38. The maximum atomic E-state index is 12.8. The highest BCUT2D eigenvalue weighted by Gasteiger charge is 2.22. The lowest BCUT2D eigenvalue weighted by molar-refractivity contribution is 0.174. The van der Waals surface area contributed by atoms with E-state index >= 15 is 0 Å². The molecular formula is C19H20N2O4S3. The molecule has 0 bridgehead atoms. The molecule has 6 nitrogen and oxygen atoms in total. The van der Waals surface area contributed by atoms with Crippen molar-refractivity contribution in [1.82, 2.24) is 9.71 Å². The second-order valence-electron chi connectivity index (χ2n) is 6.78. The first-order chi connectivity index (χ1) is 13.3. The molecule has 1 aliphatic heterocycles. The summed E-state index contributed by atoms with van der Waals surface area (Å²) in [6, 6.07) is 7.12. The van der Waals surface area contributed by atoms with Crippen molar-refractivity contribution in [2.24, 2.45) is 0 Å². The Balaban J connectivity index is 1.53. The molecule has 9 heteroatoms. The zero-order valence-electron chi connectivity index (χ0n) is 15.7. The standard InChI is InChI=1S/C19H20N2O4S3/c1-11(2)14-9-26-19(21-14)17-7-18(12(3)27-17)28(22,23)20-8-13-4-5-15-16(6-13)25-10-24-15/h4-7,9,11,20H,8,10H2,1-3H3. The van der Waals surface area contributed by atoms with E-state index in [1.807, 2.05) is 18.4 Å². The van der Waals surface area contributed by atoms with Gasteiger partial charge in [-0.25, -0.2) is 18.1 Å². The van der Waals surface area contributed by atoms with E-state index in [1.165, 1.54) is 11.3 Å². The third-order valence-electron chi connectivity index (χ3n) is 4.39. The van der Waals surface area contributed by atoms with Gasteiger partial charge < -0.3 is 9.47 Å². The summed E-state index contributed by atoms with van der Waals surface area (Å²) in [5.74, 6) is 1.65. The maximum Gasteiger partial charge on any atom is 0.241 e. The van der Waals surface area contributed by atoms with Crippen molar-refractivity contribution in [3.05, 3.63) is 45.8 Å². The Labute approximate surface area is 172 Å². The summed E-state index contributed by atoms with van der Waals surface area (Å²) in [5, 5.41) is 2.88. The first-order valence-corrected chi connectivity index (χ1v) is 12.0. The van der Waals surface area contributed by atoms with Crippen molar-refractivity contribution in [2.45, 2.75) is 38.1 Å². The van der Waals surface area contributed by atoms with E-state index in [4.69, 9.17) is 9.47 Å². The molecular weight excluding hydrogens is 416 g/mol. The molecule has 3 aromatic rings. The van der Waals surface area contributed by atoms with Crippen LogP contribution in [0.15, 0.2) is 34.5 Å². The molecule has 4 rings (SSSR count). The van der Waals surface area contributed by atoms with Crippen LogP contribution >= 0.6 is 22.7 Å². The summed E-state index contributed by atoms with van der Waals surface area (Å²) in [4.78, 5) is 6.55. The number of nitrogens with one attached hydrogen (secondary N) is 1. The highest BCUT2D eigenvalue weighted by atomic mass is 32.2. The summed E-state index contributed by atoms with van der Waals surface area (Å²) in [7, 11) is -3.63. The van der Waals surface area contributed by atoms with Crippen LogP contribution in [-0.4, -0.2) is 20.2 Å². The molecule has 0 unspecified atom stereocenters. The predicted octanol–water partition coefficient (Wildman–Crippen LogP) is 4.51. The van der Waals surface area contributed by atoms with E-state index in [1.54, 1.807) is 29.5 Å². The third kappa shape index (κ3) is 3.80. The Morgan fingerprint density at radius 3 is 2.75 bits per heavy atom. The Bertz CT molecular complexity index is 1120. The fourth-order valence-corrected chi connectivity index (χ4v) is 6.46. The number of thiophene rings is 1. The number of hydrogen-bond donors (Lipinski definition) is 1. The smallest absolute Gasteiger partial charge is 0.241 e. The van der Waals surface area contributed by atoms with Crippen LogP contribution in [0.3, 0.4) is 0 Å². The molecule has 0 saturated carbocycles. The van der Waals surface area contributed by atoms with Crippen LogP contribution in [0.25, 0.3) is 9.88 Å². The van der Waals surface area contributed by atoms with Gasteiger partial charge in [-0.2, -0.15) is 0 Å². The summed E-state index contributed by atoms with van der Waals surface area (Å²) in [5.41, 5.74) is 1.83. The zero-order chi connectivity index (χ0) is 19.9. The zero-order valence-corrected chi connectivity index (χ0v) is 18.1. The van der Waals surface area contributed by atoms with Crippen molar-refractivity contribution in [3.8, 4) is 21.4 Å². The van der Waals surface area contributed by atoms with E-state index in [0.717, 1.165) is 26.0 Å². The highest BCUT2D eigenvalue weighted by molar-refractivity contribution is 7.89. The van der Waals surface area contributed by atoms with Crippen LogP contribution in [0.5, 0.6) is 11.5 Å². The van der Waals surface area contributed by atoms with E-state index in [9.17, 15) is 8.42 Å². The van der Waals surface area contributed by atoms with E-state index in [2.05, 4.69) is 23.6 Å². The largest absolute Gasteiger partial charge is 0.454 e. The lowest BCUT2D eigenvalue weighted by Crippen LogP contribution is -2.23. The molecule has 1 aromatic carbocycles. The molecule has 0 spiro atoms. The minimum atomic E-state index is -3.63. The highest BCUT2D eigenvalue weighted by Crippen LogP contribution is 2.36. The summed E-state index contributed by atoms with van der Waals surface area (Å²) >= 11 is 2.99. The van der Waals surface area contributed by atoms with Crippen molar-refractivity contribution in [1.29, 1.82) is 0 Å². The number of aromatic nitrogens is 1. The number of hydrogen-bond acceptors (Lipinski definition) is 7. The minimum absolute atomic E-state index is 0.179. The Morgan fingerprint density at radius 1 is 1.21 bits per heavy atom. The van der Waals surface area contributed by atoms with Crippen molar-refractivity contribution < 1.29 is 17.9 Å². The number of sulfonamides is 1. The first kappa shape index (κ1) is 19.4. The van der Waals surface area contributed by atoms with Crippen LogP contribution in [0.4, 0.5) is 0 Å². The van der Waals surface area contributed by atoms with Crippen molar-refractivity contribution in [3.63, 3.8) is 0 Å². The molecule has 3 heterocycles. The van der Waals surface area contributed by atoms with Crippen molar-refractivity contribution in [2.75, 3.05) is 6.79 Å². The SMILES string of the molecule is Cc1sc(-c2nc(C(C)C)cs2)cc1S(=O)(=O)NCc1ccc2c(c1)OCO2. The Kier molecular flexibility index (Phi) is 5.17. The van der Waals surface area contributed by atoms with Gasteiger partial charge in [0.1, 0.15) is 5.01 Å². The minimum Gasteiger partial charge on any atom is -0.454 e. The van der Waals surface area contributed by atoms with Gasteiger partial charge in [-0.05, 0) is 36.6 Å². The average molecular weight is 437 g/mol. The Hall–Kier alpha value is -1.94. The molecule has 0 radical (unpaired) electrons. The molecule has 0 aliphatic carbocycles. The van der Waals surface area contributed by atoms with Gasteiger partial charge in [0.15, 0.2) is 11.5 Å². The van der Waals surface area contributed by atoms with Gasteiger partial charge in [0.05, 0.1) is 15.5 Å². The van der Waals surface area contributed by atoms with Gasteiger partial charge in [0.25, 0.3) is 0 Å². The lowest BCUT2D eigenvalue weighted by Gasteiger charge is -2.07. The molecule has 148 valence electrons. The fourth-order valence-electron chi connectivity index (χ4n) is 2.81. The molecule has 0 amide bonds. The quantitative estimate of drug-likeness (QED) is 0.615. The topological polar surface area (TPSA) is 77.5 Å². The number of ether oxygens (including phenoxy) is 2. The number of fused-ring (bicyclic) bond motifs is 1. The molecule has 0 atom stereocenters. The molecule has 1 N–H and O–H groups in total. The normalized spacial score (nSPS) is 13.4. The molecule has 1 aliphatic rings. The van der Waals surface area contributed by atoms with Crippen LogP contribution in [0, 0.1) is 6.92 Å². The van der Waals surface area contributed by atoms with E-state index in [0.29, 0.717) is 22.3 Å². The van der Waals surface area contributed by atoms with Crippen molar-refractivity contribution >= 4 is 32.7 Å². The number of rotatable bonds is 6. The van der Waals surface area contributed by atoms with Crippen LogP contribution < -0.4 is 14.2 Å². The van der Waals surface area contributed by atoms with Crippen LogP contribution in [0.1, 0.15) is 35.9 Å². The van der Waals surface area contributed by atoms with Crippen LogP contribution in [0.2, 0.25) is 0 Å². The Morgan fingerprint density at radius 2 is 2.00 bits per heavy atom. The van der Waals surface area contributed by atoms with Gasteiger partial charge in [-0.1, -0.05) is 19.9 Å². The molecule has 0 fully saturated rings. The predicted molar refractivity (Wildman–Crippen MR) is 111 cm³/mol. The number of benzene rings is 1. The number of thiazole rings is 1. The van der Waals surface area contributed by atoms with Crippen LogP contribution in [-0.2, 0) is 16.6 Å². The fraction of sp³-hybridized carbons (Fsp3) is 0.316.